The van der Waals surface area contributed by atoms with Gasteiger partial charge in [0.1, 0.15) is 17.2 Å². The molecule has 1 saturated heterocycles. The van der Waals surface area contributed by atoms with Crippen LogP contribution in [0, 0.1) is 11.6 Å². The lowest BCUT2D eigenvalue weighted by molar-refractivity contribution is 0.0517. The minimum Gasteiger partial charge on any atom is -0.440 e. The molecule has 0 spiro atoms. The van der Waals surface area contributed by atoms with Crippen molar-refractivity contribution in [3.63, 3.8) is 0 Å². The third kappa shape index (κ3) is 5.45. The van der Waals surface area contributed by atoms with Crippen molar-refractivity contribution in [3.8, 4) is 0 Å². The van der Waals surface area contributed by atoms with Crippen LogP contribution in [0.25, 0.3) is 11.0 Å². The van der Waals surface area contributed by atoms with E-state index < -0.39 is 11.6 Å². The number of amides is 1. The smallest absolute Gasteiger partial charge is 0.253 e. The maximum absolute atomic E-state index is 13.7. The normalized spacial score (nSPS) is 15.9. The molecule has 186 valence electrons. The zero-order valence-corrected chi connectivity index (χ0v) is 20.3. The van der Waals surface area contributed by atoms with Crippen molar-refractivity contribution in [2.75, 3.05) is 57.2 Å². The van der Waals surface area contributed by atoms with E-state index in [0.29, 0.717) is 66.3 Å². The lowest BCUT2D eigenvalue weighted by Gasteiger charge is -2.31. The first-order chi connectivity index (χ1) is 16.6. The quantitative estimate of drug-likeness (QED) is 0.531. The van der Waals surface area contributed by atoms with E-state index in [0.717, 1.165) is 6.07 Å². The summed E-state index contributed by atoms with van der Waals surface area (Å²) in [6.45, 7) is 4.05. The first-order valence-electron chi connectivity index (χ1n) is 11.5. The summed E-state index contributed by atoms with van der Waals surface area (Å²) >= 11 is 0. The molecule has 7 nitrogen and oxygen atoms in total. The van der Waals surface area contributed by atoms with Crippen molar-refractivity contribution in [1.29, 1.82) is 0 Å². The molecule has 1 aliphatic heterocycles. The number of anilines is 2. The Morgan fingerprint density at radius 1 is 1.09 bits per heavy atom. The molecule has 0 aliphatic carbocycles. The van der Waals surface area contributed by atoms with Crippen LogP contribution in [-0.4, -0.2) is 64.3 Å². The molecule has 9 heteroatoms. The summed E-state index contributed by atoms with van der Waals surface area (Å²) in [5.74, 6) is -1.11. The van der Waals surface area contributed by atoms with Gasteiger partial charge in [0, 0.05) is 64.2 Å². The van der Waals surface area contributed by atoms with Gasteiger partial charge in [-0.15, -0.1) is 0 Å². The number of hydrogen-bond acceptors (Lipinski definition) is 6. The highest BCUT2D eigenvalue weighted by atomic mass is 19.1. The molecule has 0 bridgehead atoms. The molecule has 0 radical (unpaired) electrons. The summed E-state index contributed by atoms with van der Waals surface area (Å²) in [6.07, 6.45) is 0.385. The molecular weight excluding hydrogens is 456 g/mol. The molecule has 4 rings (SSSR count). The lowest BCUT2D eigenvalue weighted by atomic mass is 10.0. The SMILES string of the molecule is C[C@@H]1CN(c2cc(=O)c3cc(C(=O)N(C)C)cc(CCN(C)c4cc(F)cc(F)c4)c3o2)CCO1. The van der Waals surface area contributed by atoms with Gasteiger partial charge in [-0.25, -0.2) is 8.78 Å². The van der Waals surface area contributed by atoms with Crippen molar-refractivity contribution in [3.05, 3.63) is 69.4 Å². The molecule has 2 heterocycles. The van der Waals surface area contributed by atoms with Crippen LogP contribution in [0.1, 0.15) is 22.8 Å². The Morgan fingerprint density at radius 3 is 2.46 bits per heavy atom. The summed E-state index contributed by atoms with van der Waals surface area (Å²) in [4.78, 5) is 31.0. The molecule has 1 atom stereocenters. The van der Waals surface area contributed by atoms with Crippen LogP contribution in [0.5, 0.6) is 0 Å². The number of benzene rings is 2. The number of morpholine rings is 1. The largest absolute Gasteiger partial charge is 0.440 e. The fraction of sp³-hybridized carbons (Fsp3) is 0.385. The summed E-state index contributed by atoms with van der Waals surface area (Å²) in [6, 6.07) is 8.07. The number of hydrogen-bond donors (Lipinski definition) is 0. The van der Waals surface area contributed by atoms with Crippen LogP contribution in [0.2, 0.25) is 0 Å². The number of nitrogens with zero attached hydrogens (tertiary/aromatic N) is 3. The van der Waals surface area contributed by atoms with Gasteiger partial charge < -0.3 is 23.9 Å². The number of carbonyl (C=O) groups excluding carboxylic acids is 1. The van der Waals surface area contributed by atoms with Crippen LogP contribution in [0.15, 0.2) is 45.6 Å². The molecule has 1 aliphatic rings. The molecule has 0 saturated carbocycles. The minimum absolute atomic E-state index is 0.00428. The second-order valence-electron chi connectivity index (χ2n) is 9.09. The molecule has 0 N–H and O–H groups in total. The number of fused-ring (bicyclic) bond motifs is 1. The van der Waals surface area contributed by atoms with E-state index in [9.17, 15) is 18.4 Å². The monoisotopic (exact) mass is 485 g/mol. The third-order valence-corrected chi connectivity index (χ3v) is 6.10. The summed E-state index contributed by atoms with van der Waals surface area (Å²) in [5, 5.41) is 0.317. The van der Waals surface area contributed by atoms with Gasteiger partial charge in [0.25, 0.3) is 5.91 Å². The Kier molecular flexibility index (Phi) is 7.07. The second kappa shape index (κ2) is 10.0. The van der Waals surface area contributed by atoms with Crippen molar-refractivity contribution in [1.82, 2.24) is 4.90 Å². The predicted octanol–water partition coefficient (Wildman–Crippen LogP) is 3.68. The summed E-state index contributed by atoms with van der Waals surface area (Å²) in [5.41, 5.74) is 1.59. The second-order valence-corrected chi connectivity index (χ2v) is 9.09. The number of rotatable bonds is 6. The van der Waals surface area contributed by atoms with E-state index in [1.807, 2.05) is 11.8 Å². The summed E-state index contributed by atoms with van der Waals surface area (Å²) in [7, 11) is 5.01. The standard InChI is InChI=1S/C26H29F2N3O4/c1-16-15-31(7-8-34-16)24-14-23(32)22-10-18(26(33)29(2)3)9-17(25(22)35-24)5-6-30(4)21-12-19(27)11-20(28)13-21/h9-14,16H,5-8,15H2,1-4H3/t16-/m1/s1. The van der Waals surface area contributed by atoms with Crippen molar-refractivity contribution < 1.29 is 22.7 Å². The van der Waals surface area contributed by atoms with E-state index >= 15 is 0 Å². The zero-order chi connectivity index (χ0) is 25.3. The van der Waals surface area contributed by atoms with Gasteiger partial charge in [-0.05, 0) is 43.2 Å². The van der Waals surface area contributed by atoms with Crippen molar-refractivity contribution >= 4 is 28.4 Å². The molecule has 0 unspecified atom stereocenters. The average Bonchev–Trinajstić information content (AvgIpc) is 2.81. The van der Waals surface area contributed by atoms with E-state index in [1.165, 1.54) is 23.1 Å². The predicted molar refractivity (Wildman–Crippen MR) is 131 cm³/mol. The maximum Gasteiger partial charge on any atom is 0.253 e. The zero-order valence-electron chi connectivity index (χ0n) is 20.3. The van der Waals surface area contributed by atoms with E-state index in [4.69, 9.17) is 9.15 Å². The van der Waals surface area contributed by atoms with Crippen LogP contribution in [0.3, 0.4) is 0 Å². The van der Waals surface area contributed by atoms with Crippen molar-refractivity contribution in [2.45, 2.75) is 19.4 Å². The Labute approximate surface area is 202 Å². The first kappa shape index (κ1) is 24.7. The Morgan fingerprint density at radius 2 is 1.80 bits per heavy atom. The number of likely N-dealkylation sites (N-methyl/N-ethyl adjacent to an activating group) is 1. The Hall–Kier alpha value is -3.46. The Balaban J connectivity index is 1.74. The van der Waals surface area contributed by atoms with Gasteiger partial charge in [0.15, 0.2) is 11.3 Å². The van der Waals surface area contributed by atoms with Gasteiger partial charge in [0.2, 0.25) is 0 Å². The molecule has 2 aromatic carbocycles. The van der Waals surface area contributed by atoms with Gasteiger partial charge in [-0.1, -0.05) is 0 Å². The molecule has 35 heavy (non-hydrogen) atoms. The summed E-state index contributed by atoms with van der Waals surface area (Å²) < 4.78 is 39.2. The van der Waals surface area contributed by atoms with E-state index in [2.05, 4.69) is 0 Å². The highest BCUT2D eigenvalue weighted by Crippen LogP contribution is 2.27. The third-order valence-electron chi connectivity index (χ3n) is 6.10. The maximum atomic E-state index is 13.7. The molecule has 1 aromatic heterocycles. The van der Waals surface area contributed by atoms with Crippen LogP contribution in [0.4, 0.5) is 20.4 Å². The molecule has 3 aromatic rings. The lowest BCUT2D eigenvalue weighted by Crippen LogP contribution is -2.41. The van der Waals surface area contributed by atoms with E-state index in [1.54, 1.807) is 38.2 Å². The van der Waals surface area contributed by atoms with E-state index in [-0.39, 0.29) is 17.4 Å². The molecular formula is C26H29F2N3O4. The van der Waals surface area contributed by atoms with Crippen LogP contribution >= 0.6 is 0 Å². The number of ether oxygens (including phenoxy) is 1. The van der Waals surface area contributed by atoms with Crippen molar-refractivity contribution in [2.24, 2.45) is 0 Å². The highest BCUT2D eigenvalue weighted by Gasteiger charge is 2.22. The highest BCUT2D eigenvalue weighted by molar-refractivity contribution is 5.98. The number of carbonyl (C=O) groups is 1. The van der Waals surface area contributed by atoms with Gasteiger partial charge in [-0.3, -0.25) is 9.59 Å². The van der Waals surface area contributed by atoms with Crippen LogP contribution < -0.4 is 15.2 Å². The fourth-order valence-electron chi connectivity index (χ4n) is 4.24. The fourth-order valence-corrected chi connectivity index (χ4v) is 4.24. The van der Waals surface area contributed by atoms with Gasteiger partial charge in [0.05, 0.1) is 18.1 Å². The van der Waals surface area contributed by atoms with Gasteiger partial charge in [-0.2, -0.15) is 0 Å². The first-order valence-corrected chi connectivity index (χ1v) is 11.5. The molecule has 1 fully saturated rings. The topological polar surface area (TPSA) is 66.2 Å². The minimum atomic E-state index is -0.661. The Bertz CT molecular complexity index is 1290. The van der Waals surface area contributed by atoms with Gasteiger partial charge >= 0.3 is 0 Å². The number of halogens is 2. The molecule has 1 amide bonds. The average molecular weight is 486 g/mol. The van der Waals surface area contributed by atoms with Crippen LogP contribution in [-0.2, 0) is 11.2 Å².